The number of para-hydroxylation sites is 2. The van der Waals surface area contributed by atoms with Crippen LogP contribution in [-0.2, 0) is 0 Å². The summed E-state index contributed by atoms with van der Waals surface area (Å²) in [5, 5.41) is 13.1. The minimum atomic E-state index is 0.646. The summed E-state index contributed by atoms with van der Waals surface area (Å²) in [4.78, 5) is 3.37. The molecule has 2 heterocycles. The number of fused-ring (bicyclic) bond motifs is 3. The van der Waals surface area contributed by atoms with Crippen molar-refractivity contribution in [2.24, 2.45) is 0 Å². The number of anilines is 2. The number of aromatic amines is 1. The Morgan fingerprint density at radius 2 is 1.92 bits per heavy atom. The maximum Gasteiger partial charge on any atom is 0.250 e. The Morgan fingerprint density at radius 1 is 1.15 bits per heavy atom. The van der Waals surface area contributed by atoms with Crippen molar-refractivity contribution in [2.45, 2.75) is 13.8 Å². The number of benzene rings is 2. The number of aromatic nitrogens is 2. The van der Waals surface area contributed by atoms with Crippen LogP contribution < -0.4 is 14.5 Å². The smallest absolute Gasteiger partial charge is 0.250 e. The fourth-order valence-electron chi connectivity index (χ4n) is 3.21. The van der Waals surface area contributed by atoms with Gasteiger partial charge < -0.3 is 4.74 Å². The lowest BCUT2D eigenvalue weighted by molar-refractivity contribution is -0.464. The van der Waals surface area contributed by atoms with Gasteiger partial charge >= 0.3 is 0 Å². The first-order chi connectivity index (χ1) is 12.7. The maximum atomic E-state index is 9.59. The van der Waals surface area contributed by atoms with Crippen LogP contribution in [0.3, 0.4) is 0 Å². The standard InChI is InChI=1S/C21H18N4O/c1-3-26-16-10-8-15(9-11-16)23-20-12-14(2)17(13-22)21-24-18-6-4-5-7-19(18)25(20)21/h4-12H,3H2,1-2H3,(H,23,24)/p+1. The number of imidazole rings is 1. The van der Waals surface area contributed by atoms with Crippen molar-refractivity contribution in [1.29, 1.82) is 5.26 Å². The second-order valence-electron chi connectivity index (χ2n) is 6.11. The second kappa shape index (κ2) is 6.41. The molecule has 4 aromatic rings. The van der Waals surface area contributed by atoms with Gasteiger partial charge in [0, 0.05) is 6.07 Å². The van der Waals surface area contributed by atoms with Crippen LogP contribution in [0.4, 0.5) is 11.5 Å². The molecule has 0 bridgehead atoms. The number of nitriles is 1. The number of hydrogen-bond acceptors (Lipinski definition) is 3. The average Bonchev–Trinajstić information content (AvgIpc) is 3.03. The van der Waals surface area contributed by atoms with Gasteiger partial charge in [0.15, 0.2) is 0 Å². The van der Waals surface area contributed by atoms with Crippen LogP contribution in [0.2, 0.25) is 0 Å². The first kappa shape index (κ1) is 16.0. The average molecular weight is 343 g/mol. The largest absolute Gasteiger partial charge is 0.494 e. The maximum absolute atomic E-state index is 9.59. The summed E-state index contributed by atoms with van der Waals surface area (Å²) >= 11 is 0. The van der Waals surface area contributed by atoms with Crippen molar-refractivity contribution in [3.05, 3.63) is 65.7 Å². The van der Waals surface area contributed by atoms with E-state index >= 15 is 0 Å². The minimum absolute atomic E-state index is 0.646. The molecule has 0 saturated carbocycles. The van der Waals surface area contributed by atoms with E-state index < -0.39 is 0 Å². The van der Waals surface area contributed by atoms with E-state index in [1.54, 1.807) is 0 Å². The summed E-state index contributed by atoms with van der Waals surface area (Å²) in [5.41, 5.74) is 5.33. The van der Waals surface area contributed by atoms with Gasteiger partial charge in [-0.15, -0.1) is 0 Å². The Kier molecular flexibility index (Phi) is 3.94. The quantitative estimate of drug-likeness (QED) is 0.545. The van der Waals surface area contributed by atoms with E-state index in [2.05, 4.69) is 20.8 Å². The van der Waals surface area contributed by atoms with E-state index in [1.807, 2.05) is 68.4 Å². The zero-order chi connectivity index (χ0) is 18.1. The second-order valence-corrected chi connectivity index (χ2v) is 6.11. The Labute approximate surface area is 151 Å². The Bertz CT molecular complexity index is 1140. The zero-order valence-electron chi connectivity index (χ0n) is 14.7. The fraction of sp³-hybridized carbons (Fsp3) is 0.143. The lowest BCUT2D eigenvalue weighted by Gasteiger charge is -2.07. The summed E-state index contributed by atoms with van der Waals surface area (Å²) in [7, 11) is 0. The van der Waals surface area contributed by atoms with Gasteiger partial charge in [-0.25, -0.2) is 0 Å². The highest BCUT2D eigenvalue weighted by Crippen LogP contribution is 2.23. The molecule has 0 aliphatic heterocycles. The highest BCUT2D eigenvalue weighted by molar-refractivity contribution is 5.77. The third-order valence-electron chi connectivity index (χ3n) is 4.40. The molecule has 0 fully saturated rings. The van der Waals surface area contributed by atoms with Crippen molar-refractivity contribution in [2.75, 3.05) is 11.9 Å². The van der Waals surface area contributed by atoms with Crippen molar-refractivity contribution in [3.8, 4) is 11.8 Å². The van der Waals surface area contributed by atoms with E-state index in [9.17, 15) is 5.26 Å². The third-order valence-corrected chi connectivity index (χ3v) is 4.40. The lowest BCUT2D eigenvalue weighted by atomic mass is 10.1. The number of nitrogens with zero attached hydrogens (tertiary/aromatic N) is 2. The summed E-state index contributed by atoms with van der Waals surface area (Å²) < 4.78 is 7.55. The van der Waals surface area contributed by atoms with Crippen LogP contribution in [-0.4, -0.2) is 11.6 Å². The van der Waals surface area contributed by atoms with Crippen molar-refractivity contribution in [3.63, 3.8) is 0 Å². The molecule has 2 aromatic carbocycles. The highest BCUT2D eigenvalue weighted by atomic mass is 16.5. The molecule has 4 rings (SSSR count). The van der Waals surface area contributed by atoms with Crippen LogP contribution in [0.1, 0.15) is 18.1 Å². The van der Waals surface area contributed by atoms with Crippen LogP contribution in [0, 0.1) is 18.3 Å². The molecule has 26 heavy (non-hydrogen) atoms. The predicted octanol–water partition coefficient (Wildman–Crippen LogP) is 4.23. The molecule has 0 atom stereocenters. The van der Waals surface area contributed by atoms with Gasteiger partial charge in [0.05, 0.1) is 12.3 Å². The molecule has 0 radical (unpaired) electrons. The van der Waals surface area contributed by atoms with Gasteiger partial charge in [-0.1, -0.05) is 12.1 Å². The topological polar surface area (TPSA) is 64.9 Å². The van der Waals surface area contributed by atoms with Crippen molar-refractivity contribution in [1.82, 2.24) is 4.98 Å². The summed E-state index contributed by atoms with van der Waals surface area (Å²) in [6, 6.07) is 20.2. The van der Waals surface area contributed by atoms with Crippen LogP contribution >= 0.6 is 0 Å². The van der Waals surface area contributed by atoms with Crippen molar-refractivity contribution < 1.29 is 9.14 Å². The Hall–Kier alpha value is -3.52. The molecular formula is C21H19N4O+. The van der Waals surface area contributed by atoms with E-state index in [0.717, 1.165) is 39.5 Å². The normalized spacial score (nSPS) is 10.8. The Morgan fingerprint density at radius 3 is 2.65 bits per heavy atom. The Balaban J connectivity index is 1.88. The van der Waals surface area contributed by atoms with Gasteiger partial charge in [-0.2, -0.15) is 9.66 Å². The van der Waals surface area contributed by atoms with Gasteiger partial charge in [0.1, 0.15) is 28.4 Å². The molecule has 0 amide bonds. The SMILES string of the molecule is CCOc1ccc(Nc2cc(C)c(C#N)c3[nH]c4ccccc4[n+]23)cc1. The van der Waals surface area contributed by atoms with Crippen LogP contribution in [0.15, 0.2) is 54.6 Å². The van der Waals surface area contributed by atoms with E-state index in [-0.39, 0.29) is 0 Å². The molecule has 0 saturated heterocycles. The van der Waals surface area contributed by atoms with Gasteiger partial charge in [-0.05, 0) is 55.8 Å². The van der Waals surface area contributed by atoms with Gasteiger partial charge in [0.2, 0.25) is 11.5 Å². The summed E-state index contributed by atoms with van der Waals surface area (Å²) in [5.74, 6) is 1.75. The number of ether oxygens (including phenoxy) is 1. The third kappa shape index (κ3) is 2.62. The number of aryl methyl sites for hydroxylation is 1. The molecule has 2 aromatic heterocycles. The molecular weight excluding hydrogens is 324 g/mol. The summed E-state index contributed by atoms with van der Waals surface area (Å²) in [6.45, 7) is 4.57. The molecule has 128 valence electrons. The molecule has 0 spiro atoms. The van der Waals surface area contributed by atoms with Crippen LogP contribution in [0.25, 0.3) is 16.7 Å². The molecule has 5 nitrogen and oxygen atoms in total. The van der Waals surface area contributed by atoms with Gasteiger partial charge in [0.25, 0.3) is 0 Å². The lowest BCUT2D eigenvalue weighted by Crippen LogP contribution is -2.26. The summed E-state index contributed by atoms with van der Waals surface area (Å²) in [6.07, 6.45) is 0. The molecule has 0 aliphatic carbocycles. The molecule has 0 unspecified atom stereocenters. The van der Waals surface area contributed by atoms with Gasteiger partial charge in [-0.3, -0.25) is 10.3 Å². The predicted molar refractivity (Wildman–Crippen MR) is 102 cm³/mol. The molecule has 5 heteroatoms. The molecule has 2 N–H and O–H groups in total. The van der Waals surface area contributed by atoms with E-state index in [1.165, 1.54) is 0 Å². The highest BCUT2D eigenvalue weighted by Gasteiger charge is 2.20. The number of rotatable bonds is 4. The first-order valence-corrected chi connectivity index (χ1v) is 8.57. The van der Waals surface area contributed by atoms with E-state index in [4.69, 9.17) is 4.74 Å². The number of nitrogens with one attached hydrogen (secondary N) is 2. The van der Waals surface area contributed by atoms with E-state index in [0.29, 0.717) is 12.2 Å². The number of hydrogen-bond donors (Lipinski definition) is 2. The minimum Gasteiger partial charge on any atom is -0.494 e. The first-order valence-electron chi connectivity index (χ1n) is 8.57. The number of pyridine rings is 1. The van der Waals surface area contributed by atoms with Crippen molar-refractivity contribution >= 4 is 28.2 Å². The fourth-order valence-corrected chi connectivity index (χ4v) is 3.21. The number of H-pyrrole nitrogens is 1. The monoisotopic (exact) mass is 343 g/mol. The zero-order valence-corrected chi connectivity index (χ0v) is 14.7. The molecule has 0 aliphatic rings. The van der Waals surface area contributed by atoms with Crippen LogP contribution in [0.5, 0.6) is 5.75 Å².